The van der Waals surface area contributed by atoms with E-state index in [-0.39, 0.29) is 12.5 Å². The highest BCUT2D eigenvalue weighted by molar-refractivity contribution is 5.80. The molecular formula is C17H26F3N3O2. The zero-order valence-corrected chi connectivity index (χ0v) is 15.0. The van der Waals surface area contributed by atoms with E-state index < -0.39 is 12.6 Å². The second-order valence-electron chi connectivity index (χ2n) is 5.55. The van der Waals surface area contributed by atoms with Crippen LogP contribution in [0.25, 0.3) is 0 Å². The quantitative estimate of drug-likeness (QED) is 0.421. The molecule has 2 N–H and O–H groups in total. The summed E-state index contributed by atoms with van der Waals surface area (Å²) in [6.07, 6.45) is -4.36. The van der Waals surface area contributed by atoms with Crippen molar-refractivity contribution in [2.75, 3.05) is 27.8 Å². The Morgan fingerprint density at radius 1 is 1.20 bits per heavy atom. The Morgan fingerprint density at radius 2 is 1.92 bits per heavy atom. The molecular weight excluding hydrogens is 335 g/mol. The molecule has 0 aromatic heterocycles. The van der Waals surface area contributed by atoms with E-state index >= 15 is 0 Å². The Hall–Kier alpha value is -2.12. The number of alkyl halides is 3. The van der Waals surface area contributed by atoms with Crippen LogP contribution < -0.4 is 20.1 Å². The zero-order chi connectivity index (χ0) is 18.9. The third-order valence-corrected chi connectivity index (χ3v) is 3.66. The van der Waals surface area contributed by atoms with Crippen LogP contribution in [-0.4, -0.2) is 39.9 Å². The Labute approximate surface area is 146 Å². The summed E-state index contributed by atoms with van der Waals surface area (Å²) in [7, 11) is 4.79. The standard InChI is InChI=1S/C17H26F3N3O2/c1-12(14-11-13(24-3)7-8-15(14)25-4)23-16(21-2)22-10-6-5-9-17(18,19)20/h7-8,11-12H,5-6,9-10H2,1-4H3,(H2,21,22,23). The number of ether oxygens (including phenoxy) is 2. The minimum atomic E-state index is -4.10. The van der Waals surface area contributed by atoms with E-state index in [0.717, 1.165) is 5.56 Å². The Balaban J connectivity index is 2.57. The summed E-state index contributed by atoms with van der Waals surface area (Å²) in [6, 6.07) is 5.36. The van der Waals surface area contributed by atoms with Crippen molar-refractivity contribution in [3.8, 4) is 11.5 Å². The highest BCUT2D eigenvalue weighted by Crippen LogP contribution is 2.29. The zero-order valence-electron chi connectivity index (χ0n) is 15.0. The molecule has 8 heteroatoms. The summed E-state index contributed by atoms with van der Waals surface area (Å²) in [4.78, 5) is 4.10. The fraction of sp³-hybridized carbons (Fsp3) is 0.588. The van der Waals surface area contributed by atoms with Gasteiger partial charge in [-0.05, 0) is 38.0 Å². The fourth-order valence-electron chi connectivity index (χ4n) is 2.31. The van der Waals surface area contributed by atoms with Gasteiger partial charge in [-0.15, -0.1) is 0 Å². The number of rotatable bonds is 8. The molecule has 0 radical (unpaired) electrons. The van der Waals surface area contributed by atoms with Crippen LogP contribution in [0, 0.1) is 0 Å². The van der Waals surface area contributed by atoms with Crippen molar-refractivity contribution in [1.29, 1.82) is 0 Å². The maximum absolute atomic E-state index is 12.1. The molecule has 5 nitrogen and oxygen atoms in total. The van der Waals surface area contributed by atoms with Crippen molar-refractivity contribution in [3.05, 3.63) is 23.8 Å². The lowest BCUT2D eigenvalue weighted by molar-refractivity contribution is -0.135. The van der Waals surface area contributed by atoms with Gasteiger partial charge in [-0.25, -0.2) is 0 Å². The maximum atomic E-state index is 12.1. The maximum Gasteiger partial charge on any atom is 0.389 e. The molecule has 0 amide bonds. The van der Waals surface area contributed by atoms with Crippen molar-refractivity contribution in [2.24, 2.45) is 4.99 Å². The van der Waals surface area contributed by atoms with Crippen LogP contribution in [0.2, 0.25) is 0 Å². The molecule has 0 heterocycles. The van der Waals surface area contributed by atoms with Gasteiger partial charge in [0, 0.05) is 25.6 Å². The Kier molecular flexibility index (Phi) is 8.37. The van der Waals surface area contributed by atoms with E-state index in [4.69, 9.17) is 9.47 Å². The molecule has 1 unspecified atom stereocenters. The molecule has 0 saturated carbocycles. The Bertz CT molecular complexity index is 563. The van der Waals surface area contributed by atoms with Gasteiger partial charge < -0.3 is 20.1 Å². The summed E-state index contributed by atoms with van der Waals surface area (Å²) in [5, 5.41) is 6.22. The third kappa shape index (κ3) is 7.53. The minimum absolute atomic E-state index is 0.0900. The summed E-state index contributed by atoms with van der Waals surface area (Å²) in [6.45, 7) is 2.35. The number of aliphatic imine (C=N–C) groups is 1. The molecule has 1 rings (SSSR count). The summed E-state index contributed by atoms with van der Waals surface area (Å²) >= 11 is 0. The molecule has 0 aliphatic carbocycles. The first-order valence-electron chi connectivity index (χ1n) is 8.06. The normalized spacial score (nSPS) is 13.3. The first-order chi connectivity index (χ1) is 11.8. The highest BCUT2D eigenvalue weighted by Gasteiger charge is 2.25. The lowest BCUT2D eigenvalue weighted by atomic mass is 10.1. The van der Waals surface area contributed by atoms with Crippen LogP contribution in [0.5, 0.6) is 11.5 Å². The van der Waals surface area contributed by atoms with E-state index in [9.17, 15) is 13.2 Å². The first kappa shape index (κ1) is 20.9. The topological polar surface area (TPSA) is 54.9 Å². The average Bonchev–Trinajstić information content (AvgIpc) is 2.58. The van der Waals surface area contributed by atoms with Gasteiger partial charge in [0.2, 0.25) is 0 Å². The van der Waals surface area contributed by atoms with Crippen molar-refractivity contribution >= 4 is 5.96 Å². The number of benzene rings is 1. The van der Waals surface area contributed by atoms with E-state index in [1.54, 1.807) is 21.3 Å². The monoisotopic (exact) mass is 361 g/mol. The van der Waals surface area contributed by atoms with Crippen molar-refractivity contribution < 1.29 is 22.6 Å². The Morgan fingerprint density at radius 3 is 2.48 bits per heavy atom. The molecule has 0 fully saturated rings. The lowest BCUT2D eigenvalue weighted by Crippen LogP contribution is -2.39. The van der Waals surface area contributed by atoms with Crippen LogP contribution in [0.3, 0.4) is 0 Å². The number of hydrogen-bond donors (Lipinski definition) is 2. The van der Waals surface area contributed by atoms with Gasteiger partial charge >= 0.3 is 6.18 Å². The number of guanidine groups is 1. The van der Waals surface area contributed by atoms with Crippen LogP contribution in [-0.2, 0) is 0 Å². The first-order valence-corrected chi connectivity index (χ1v) is 8.06. The van der Waals surface area contributed by atoms with Gasteiger partial charge in [0.1, 0.15) is 11.5 Å². The summed E-state index contributed by atoms with van der Waals surface area (Å²) in [5.74, 6) is 1.94. The molecule has 0 aliphatic rings. The molecule has 0 saturated heterocycles. The van der Waals surface area contributed by atoms with Crippen LogP contribution in [0.1, 0.15) is 37.8 Å². The summed E-state index contributed by atoms with van der Waals surface area (Å²) < 4.78 is 47.0. The SMILES string of the molecule is CN=C(NCCCCC(F)(F)F)NC(C)c1cc(OC)ccc1OC. The van der Waals surface area contributed by atoms with Crippen LogP contribution in [0.15, 0.2) is 23.2 Å². The number of hydrogen-bond acceptors (Lipinski definition) is 3. The predicted octanol–water partition coefficient (Wildman–Crippen LogP) is 3.66. The molecule has 0 aliphatic heterocycles. The van der Waals surface area contributed by atoms with Gasteiger partial charge in [-0.3, -0.25) is 4.99 Å². The van der Waals surface area contributed by atoms with Crippen molar-refractivity contribution in [2.45, 2.75) is 38.4 Å². The molecule has 0 bridgehead atoms. The smallest absolute Gasteiger partial charge is 0.389 e. The van der Waals surface area contributed by atoms with E-state index in [1.807, 2.05) is 25.1 Å². The largest absolute Gasteiger partial charge is 0.497 e. The van der Waals surface area contributed by atoms with Gasteiger partial charge in [-0.2, -0.15) is 13.2 Å². The number of methoxy groups -OCH3 is 2. The molecule has 142 valence electrons. The van der Waals surface area contributed by atoms with Gasteiger partial charge in [-0.1, -0.05) is 0 Å². The van der Waals surface area contributed by atoms with Crippen molar-refractivity contribution in [1.82, 2.24) is 10.6 Å². The number of unbranched alkanes of at least 4 members (excludes halogenated alkanes) is 1. The molecule has 0 spiro atoms. The number of halogens is 3. The molecule has 1 atom stereocenters. The average molecular weight is 361 g/mol. The second kappa shape index (κ2) is 10.0. The van der Waals surface area contributed by atoms with Gasteiger partial charge in [0.15, 0.2) is 5.96 Å². The van der Waals surface area contributed by atoms with Gasteiger partial charge in [0.25, 0.3) is 0 Å². The second-order valence-corrected chi connectivity index (χ2v) is 5.55. The van der Waals surface area contributed by atoms with Gasteiger partial charge in [0.05, 0.1) is 20.3 Å². The highest BCUT2D eigenvalue weighted by atomic mass is 19.4. The minimum Gasteiger partial charge on any atom is -0.497 e. The molecule has 1 aromatic carbocycles. The molecule has 25 heavy (non-hydrogen) atoms. The van der Waals surface area contributed by atoms with Crippen LogP contribution >= 0.6 is 0 Å². The summed E-state index contributed by atoms with van der Waals surface area (Å²) in [5.41, 5.74) is 0.891. The third-order valence-electron chi connectivity index (χ3n) is 3.66. The van der Waals surface area contributed by atoms with Crippen LogP contribution in [0.4, 0.5) is 13.2 Å². The lowest BCUT2D eigenvalue weighted by Gasteiger charge is -2.21. The van der Waals surface area contributed by atoms with E-state index in [0.29, 0.717) is 30.4 Å². The van der Waals surface area contributed by atoms with Crippen molar-refractivity contribution in [3.63, 3.8) is 0 Å². The fourth-order valence-corrected chi connectivity index (χ4v) is 2.31. The predicted molar refractivity (Wildman–Crippen MR) is 92.4 cm³/mol. The van der Waals surface area contributed by atoms with E-state index in [2.05, 4.69) is 15.6 Å². The number of nitrogens with zero attached hydrogens (tertiary/aromatic N) is 1. The van der Waals surface area contributed by atoms with E-state index in [1.165, 1.54) is 0 Å². The molecule has 1 aromatic rings. The number of nitrogens with one attached hydrogen (secondary N) is 2.